The quantitative estimate of drug-likeness (QED) is 0.0223. The molecule has 0 amide bonds. The molecule has 0 saturated carbocycles. The van der Waals surface area contributed by atoms with Gasteiger partial charge in [0.05, 0.1) is 32.5 Å². The number of rotatable bonds is 39. The first kappa shape index (κ1) is 82.1. The fraction of sp³-hybridized carbons (Fsp3) is 0.649. The van der Waals surface area contributed by atoms with Gasteiger partial charge in [0.2, 0.25) is 0 Å². The highest BCUT2D eigenvalue weighted by Gasteiger charge is 2.47. The summed E-state index contributed by atoms with van der Waals surface area (Å²) in [6.45, 7) is 37.3. The second-order valence-electron chi connectivity index (χ2n) is 28.6. The van der Waals surface area contributed by atoms with Crippen molar-refractivity contribution >= 4 is 53.7 Å². The number of benzene rings is 3. The average Bonchev–Trinajstić information content (AvgIpc) is 0.777. The first-order valence-electron chi connectivity index (χ1n) is 34.3. The van der Waals surface area contributed by atoms with Gasteiger partial charge < -0.3 is 42.6 Å². The number of carbonyl (C=O) groups excluding carboxylic acids is 9. The molecule has 3 aromatic rings. The Hall–Kier alpha value is -7.11. The van der Waals surface area contributed by atoms with Gasteiger partial charge in [0.25, 0.3) is 0 Å². The summed E-state index contributed by atoms with van der Waals surface area (Å²) >= 11 is 0. The molecule has 18 nitrogen and oxygen atoms in total. The van der Waals surface area contributed by atoms with E-state index in [-0.39, 0.29) is 17.2 Å². The van der Waals surface area contributed by atoms with Crippen molar-refractivity contribution in [2.24, 2.45) is 48.7 Å². The van der Waals surface area contributed by atoms with Gasteiger partial charge in [0, 0.05) is 5.41 Å². The summed E-state index contributed by atoms with van der Waals surface area (Å²) in [7, 11) is 0. The maximum atomic E-state index is 14.5. The molecule has 0 aliphatic rings. The Balaban J connectivity index is 2.24. The zero-order chi connectivity index (χ0) is 72.2. The van der Waals surface area contributed by atoms with Crippen molar-refractivity contribution in [3.05, 3.63) is 89.5 Å². The summed E-state index contributed by atoms with van der Waals surface area (Å²) in [5.41, 5.74) is -8.90. The van der Waals surface area contributed by atoms with Crippen LogP contribution in [0.3, 0.4) is 0 Å². The number of ether oxygens (including phenoxy) is 9. The summed E-state index contributed by atoms with van der Waals surface area (Å²) < 4.78 is 53.2. The zero-order valence-corrected chi connectivity index (χ0v) is 61.5. The minimum atomic E-state index is -1.63. The lowest BCUT2D eigenvalue weighted by molar-refractivity contribution is -0.174. The Morgan fingerprint density at radius 2 is 0.358 bits per heavy atom. The molecule has 0 N–H and O–H groups in total. The molecule has 18 heteroatoms. The molecule has 0 aliphatic heterocycles. The van der Waals surface area contributed by atoms with Gasteiger partial charge in [0.1, 0.15) is 73.1 Å². The molecule has 0 atom stereocenters. The van der Waals surface area contributed by atoms with E-state index in [2.05, 4.69) is 0 Å². The maximum Gasteiger partial charge on any atom is 0.324 e. The van der Waals surface area contributed by atoms with Gasteiger partial charge >= 0.3 is 53.7 Å². The molecule has 530 valence electrons. The van der Waals surface area contributed by atoms with Crippen LogP contribution in [-0.4, -0.2) is 93.4 Å². The minimum Gasteiger partial charge on any atom is -0.464 e. The van der Waals surface area contributed by atoms with Gasteiger partial charge in [-0.3, -0.25) is 43.2 Å². The smallest absolute Gasteiger partial charge is 0.324 e. The molecule has 0 radical (unpaired) electrons. The van der Waals surface area contributed by atoms with Crippen molar-refractivity contribution in [1.82, 2.24) is 0 Å². The first-order valence-corrected chi connectivity index (χ1v) is 34.3. The Kier molecular flexibility index (Phi) is 29.6. The molecule has 0 aromatic heterocycles. The van der Waals surface area contributed by atoms with Crippen LogP contribution in [-0.2, 0) is 77.0 Å². The van der Waals surface area contributed by atoms with Gasteiger partial charge in [-0.15, -0.1) is 0 Å². The predicted octanol–water partition coefficient (Wildman–Crippen LogP) is 16.0. The Morgan fingerprint density at radius 3 is 0.484 bits per heavy atom. The van der Waals surface area contributed by atoms with Crippen LogP contribution in [0.15, 0.2) is 72.8 Å². The van der Waals surface area contributed by atoms with E-state index in [9.17, 15) is 43.2 Å². The molecule has 0 aliphatic carbocycles. The van der Waals surface area contributed by atoms with Gasteiger partial charge in [-0.25, -0.2) is 0 Å². The van der Waals surface area contributed by atoms with E-state index in [1.165, 1.54) is 20.8 Å². The van der Waals surface area contributed by atoms with Crippen molar-refractivity contribution in [2.45, 2.75) is 235 Å². The minimum absolute atomic E-state index is 0.123. The SMILES string of the molecule is CCC(C)(CC)C(=O)OCC(C)(COC(=O)C(C)(CC)CC)C(=O)Oc1ccc(C(C)(c2ccc(OC(=O)C(C)(COC(=O)C(C)(CC)CC)COC(=O)C(C)(CC)CC)cc2)c2ccc(OC(=O)C(C)(COC(=O)C(C)(CC)CC)COC(=O)C(C)(CC)CC)cc2)cc1. The van der Waals surface area contributed by atoms with Crippen molar-refractivity contribution < 1.29 is 85.8 Å². The lowest BCUT2D eigenvalue weighted by atomic mass is 9.71. The summed E-state index contributed by atoms with van der Waals surface area (Å²) in [5, 5.41) is 0. The van der Waals surface area contributed by atoms with Crippen LogP contribution in [0, 0.1) is 48.7 Å². The topological polar surface area (TPSA) is 237 Å². The van der Waals surface area contributed by atoms with E-state index in [4.69, 9.17) is 42.6 Å². The van der Waals surface area contributed by atoms with Crippen LogP contribution in [0.5, 0.6) is 17.2 Å². The second kappa shape index (κ2) is 34.2. The molecular weight excluding hydrogens is 1210 g/mol. The Morgan fingerprint density at radius 1 is 0.221 bits per heavy atom. The molecule has 0 saturated heterocycles. The number of hydrogen-bond donors (Lipinski definition) is 0. The van der Waals surface area contributed by atoms with Crippen LogP contribution in [0.4, 0.5) is 0 Å². The molecule has 0 unspecified atom stereocenters. The molecule has 3 aromatic carbocycles. The fourth-order valence-electron chi connectivity index (χ4n) is 9.86. The van der Waals surface area contributed by atoms with Crippen LogP contribution in [0.1, 0.15) is 246 Å². The number of esters is 9. The van der Waals surface area contributed by atoms with Gasteiger partial charge in [-0.05, 0) is 199 Å². The van der Waals surface area contributed by atoms with Gasteiger partial charge in [0.15, 0.2) is 0 Å². The number of carbonyl (C=O) groups is 9. The van der Waals surface area contributed by atoms with Crippen molar-refractivity contribution in [1.29, 1.82) is 0 Å². The van der Waals surface area contributed by atoms with Crippen LogP contribution >= 0.6 is 0 Å². The predicted molar refractivity (Wildman–Crippen MR) is 364 cm³/mol. The van der Waals surface area contributed by atoms with E-state index in [1.807, 2.05) is 90.0 Å². The molecule has 0 spiro atoms. The molecule has 95 heavy (non-hydrogen) atoms. The lowest BCUT2D eigenvalue weighted by Crippen LogP contribution is -2.44. The van der Waals surface area contributed by atoms with E-state index in [1.54, 1.807) is 114 Å². The average molecular weight is 1330 g/mol. The highest BCUT2D eigenvalue weighted by Crippen LogP contribution is 2.43. The van der Waals surface area contributed by atoms with E-state index >= 15 is 0 Å². The monoisotopic (exact) mass is 1330 g/mol. The first-order chi connectivity index (χ1) is 44.3. The summed E-state index contributed by atoms with van der Waals surface area (Å²) in [6, 6.07) is 20.2. The third-order valence-corrected chi connectivity index (χ3v) is 21.9. The molecule has 0 bridgehead atoms. The number of hydrogen-bond acceptors (Lipinski definition) is 18. The largest absolute Gasteiger partial charge is 0.464 e. The van der Waals surface area contributed by atoms with Crippen LogP contribution in [0.25, 0.3) is 0 Å². The van der Waals surface area contributed by atoms with Crippen LogP contribution < -0.4 is 14.2 Å². The molecule has 0 heterocycles. The third kappa shape index (κ3) is 19.6. The normalized spacial score (nSPS) is 12.8. The van der Waals surface area contributed by atoms with Crippen LogP contribution in [0.2, 0.25) is 0 Å². The van der Waals surface area contributed by atoms with Gasteiger partial charge in [-0.1, -0.05) is 119 Å². The van der Waals surface area contributed by atoms with E-state index < -0.39 is 148 Å². The third-order valence-electron chi connectivity index (χ3n) is 21.9. The van der Waals surface area contributed by atoms with E-state index in [0.29, 0.717) is 93.7 Å². The van der Waals surface area contributed by atoms with Crippen molar-refractivity contribution in [3.8, 4) is 17.2 Å². The zero-order valence-electron chi connectivity index (χ0n) is 61.5. The molecular formula is C77H114O18. The van der Waals surface area contributed by atoms with Crippen molar-refractivity contribution in [2.75, 3.05) is 39.6 Å². The summed E-state index contributed by atoms with van der Waals surface area (Å²) in [4.78, 5) is 124. The van der Waals surface area contributed by atoms with Crippen molar-refractivity contribution in [3.63, 3.8) is 0 Å². The molecule has 0 fully saturated rings. The standard InChI is InChI=1S/C77H114O18/c1-23-68(13,24-2)59(78)87-47-74(19,48-88-60(79)69(14,25-3)26-4)65(84)93-56-41-35-53(36-42-56)77(22,54-37-43-57(44-38-54)94-66(85)75(20,49-89-61(80)70(15,27-5)28-6)50-90-62(81)71(16,29-7)30-8)55-39-45-58(46-40-55)95-67(86)76(21,51-91-63(82)72(17,31-9)32-10)52-92-64(83)73(18,33-11)34-12/h35-46H,23-34,47-52H2,1-22H3. The molecule has 3 rings (SSSR count). The second-order valence-corrected chi connectivity index (χ2v) is 28.6. The van der Waals surface area contributed by atoms with Gasteiger partial charge in [-0.2, -0.15) is 0 Å². The summed E-state index contributed by atoms with van der Waals surface area (Å²) in [6.07, 6.45) is 5.95. The highest BCUT2D eigenvalue weighted by atomic mass is 16.6. The maximum absolute atomic E-state index is 14.5. The summed E-state index contributed by atoms with van der Waals surface area (Å²) in [5.74, 6) is -5.05. The fourth-order valence-corrected chi connectivity index (χ4v) is 9.86. The highest BCUT2D eigenvalue weighted by molar-refractivity contribution is 5.85. The Bertz CT molecular complexity index is 2630. The van der Waals surface area contributed by atoms with E-state index in [0.717, 1.165) is 0 Å². The Labute approximate surface area is 567 Å². The lowest BCUT2D eigenvalue weighted by Gasteiger charge is -2.33.